The largest absolute Gasteiger partial charge is 0.311 e. The van der Waals surface area contributed by atoms with Crippen molar-refractivity contribution in [2.45, 2.75) is 0 Å². The van der Waals surface area contributed by atoms with Gasteiger partial charge in [0.05, 0.1) is 11.4 Å². The first-order valence-electron chi connectivity index (χ1n) is 23.0. The van der Waals surface area contributed by atoms with Crippen LogP contribution in [0.25, 0.3) is 77.0 Å². The molecule has 0 spiro atoms. The van der Waals surface area contributed by atoms with Crippen molar-refractivity contribution >= 4 is 100 Å². The van der Waals surface area contributed by atoms with Crippen LogP contribution in [0.15, 0.2) is 237 Å². The lowest BCUT2D eigenvalue weighted by molar-refractivity contribution is 1.18. The van der Waals surface area contributed by atoms with Gasteiger partial charge in [-0.3, -0.25) is 0 Å². The molecule has 14 rings (SSSR count). The zero-order valence-corrected chi connectivity index (χ0v) is 36.4. The van der Waals surface area contributed by atoms with Crippen LogP contribution in [0.1, 0.15) is 0 Å². The van der Waals surface area contributed by atoms with Crippen LogP contribution in [-0.4, -0.2) is 16.7 Å². The lowest BCUT2D eigenvalue weighted by Crippen LogP contribution is -2.61. The highest BCUT2D eigenvalue weighted by Gasteiger charge is 2.45. The van der Waals surface area contributed by atoms with Crippen LogP contribution in [0.3, 0.4) is 0 Å². The van der Waals surface area contributed by atoms with Crippen LogP contribution in [-0.2, 0) is 0 Å². The van der Waals surface area contributed by atoms with Crippen molar-refractivity contribution in [2.24, 2.45) is 0 Å². The zero-order chi connectivity index (χ0) is 44.0. The number of hydrogen-bond acceptors (Lipinski definition) is 4. The Balaban J connectivity index is 1.15. The van der Waals surface area contributed by atoms with E-state index in [4.69, 9.17) is 9.97 Å². The van der Waals surface area contributed by atoms with Crippen molar-refractivity contribution in [1.29, 1.82) is 0 Å². The monoisotopic (exact) mass is 850 g/mol. The first-order valence-corrected chi connectivity index (χ1v) is 23.0. The molecule has 310 valence electrons. The van der Waals surface area contributed by atoms with E-state index in [1.165, 1.54) is 70.9 Å². The van der Waals surface area contributed by atoms with E-state index < -0.39 is 0 Å². The number of rotatable bonds is 5. The molecular weight excluding hydrogens is 812 g/mol. The molecule has 67 heavy (non-hydrogen) atoms. The molecule has 0 N–H and O–H groups in total. The highest BCUT2D eigenvalue weighted by molar-refractivity contribution is 7.00. The summed E-state index contributed by atoms with van der Waals surface area (Å²) in [6.45, 7) is -0.0825. The lowest BCUT2D eigenvalue weighted by Gasteiger charge is -2.45. The van der Waals surface area contributed by atoms with Gasteiger partial charge in [0.1, 0.15) is 0 Å². The lowest BCUT2D eigenvalue weighted by atomic mass is 9.33. The molecule has 11 aromatic carbocycles. The molecule has 0 unspecified atom stereocenters. The van der Waals surface area contributed by atoms with E-state index in [1.54, 1.807) is 0 Å². The maximum absolute atomic E-state index is 5.46. The Morgan fingerprint density at radius 3 is 1.19 bits per heavy atom. The van der Waals surface area contributed by atoms with Gasteiger partial charge in [-0.2, -0.15) is 0 Å². The van der Waals surface area contributed by atoms with Gasteiger partial charge in [0.15, 0.2) is 5.82 Å². The molecule has 4 nitrogen and oxygen atoms in total. The Hall–Kier alpha value is -8.80. The van der Waals surface area contributed by atoms with E-state index in [1.807, 2.05) is 6.07 Å². The third-order valence-electron chi connectivity index (χ3n) is 13.9. The molecule has 0 aliphatic carbocycles. The second kappa shape index (κ2) is 14.9. The third kappa shape index (κ3) is 5.95. The summed E-state index contributed by atoms with van der Waals surface area (Å²) >= 11 is 0. The first-order chi connectivity index (χ1) is 33.2. The molecule has 2 aliphatic rings. The van der Waals surface area contributed by atoms with E-state index in [2.05, 4.69) is 240 Å². The molecule has 0 bridgehead atoms. The fourth-order valence-electron chi connectivity index (χ4n) is 10.9. The molecule has 0 saturated heterocycles. The summed E-state index contributed by atoms with van der Waals surface area (Å²) in [5.41, 5.74) is 15.4. The van der Waals surface area contributed by atoms with E-state index in [0.717, 1.165) is 50.8 Å². The predicted octanol–water partition coefficient (Wildman–Crippen LogP) is 14.2. The van der Waals surface area contributed by atoms with E-state index >= 15 is 0 Å². The third-order valence-corrected chi connectivity index (χ3v) is 13.9. The van der Waals surface area contributed by atoms with Gasteiger partial charge >= 0.3 is 0 Å². The number of para-hydroxylation sites is 2. The van der Waals surface area contributed by atoms with Gasteiger partial charge in [-0.1, -0.05) is 170 Å². The van der Waals surface area contributed by atoms with Gasteiger partial charge < -0.3 is 9.80 Å². The molecule has 2 aliphatic heterocycles. The standard InChI is InChI=1S/C62H39BN4/c1-5-17-40(18-6-1)55-39-56(65-62(64-55)41-19-7-2-8-20-41)48-37-57-59-58(38-48)67(50-27-11-4-12-28-50)61-52-36-45-24-16-14-22-43(45)34-47(52)30-32-54(61)63(59)53-31-29-46-33-42-21-13-15-23-44(42)35-51(46)60(53)66(57)49-25-9-3-10-26-49/h1-39H. The highest BCUT2D eigenvalue weighted by Crippen LogP contribution is 2.49. The number of nitrogens with zero attached hydrogens (tertiary/aromatic N) is 4. The average molecular weight is 851 g/mol. The zero-order valence-electron chi connectivity index (χ0n) is 36.4. The van der Waals surface area contributed by atoms with Crippen molar-refractivity contribution < 1.29 is 0 Å². The van der Waals surface area contributed by atoms with Gasteiger partial charge in [0, 0.05) is 61.6 Å². The molecule has 0 radical (unpaired) electrons. The van der Waals surface area contributed by atoms with Crippen molar-refractivity contribution in [2.75, 3.05) is 9.80 Å². The minimum Gasteiger partial charge on any atom is -0.311 e. The molecule has 0 amide bonds. The van der Waals surface area contributed by atoms with Gasteiger partial charge in [-0.15, -0.1) is 0 Å². The number of hydrogen-bond donors (Lipinski definition) is 0. The van der Waals surface area contributed by atoms with Gasteiger partial charge in [-0.05, 0) is 115 Å². The SMILES string of the molecule is c1ccc(-c2cc(-c3cc4c5c(c3)N(c3ccccc3)c3c(ccc6cc7ccccc7cc36)B5c3ccc5cc6ccccc6cc5c3N4c3ccccc3)nc(-c3ccccc3)n2)cc1. The topological polar surface area (TPSA) is 32.3 Å². The summed E-state index contributed by atoms with van der Waals surface area (Å²) in [5.74, 6) is 0.687. The van der Waals surface area contributed by atoms with Crippen molar-refractivity contribution in [3.05, 3.63) is 237 Å². The summed E-state index contributed by atoms with van der Waals surface area (Å²) in [6.07, 6.45) is 0. The maximum Gasteiger partial charge on any atom is 0.252 e. The Kier molecular flexibility index (Phi) is 8.34. The van der Waals surface area contributed by atoms with E-state index in [0.29, 0.717) is 5.82 Å². The summed E-state index contributed by atoms with van der Waals surface area (Å²) < 4.78 is 0. The smallest absolute Gasteiger partial charge is 0.252 e. The Bertz CT molecular complexity index is 3680. The number of benzene rings is 11. The Morgan fingerprint density at radius 2 is 0.716 bits per heavy atom. The van der Waals surface area contributed by atoms with Gasteiger partial charge in [0.25, 0.3) is 6.71 Å². The number of aromatic nitrogens is 2. The summed E-state index contributed by atoms with van der Waals surface area (Å²) in [6, 6.07) is 86.1. The molecule has 0 fully saturated rings. The number of anilines is 6. The minimum atomic E-state index is -0.0825. The van der Waals surface area contributed by atoms with E-state index in [-0.39, 0.29) is 6.71 Å². The van der Waals surface area contributed by atoms with Crippen molar-refractivity contribution in [3.63, 3.8) is 0 Å². The molecule has 0 saturated carbocycles. The van der Waals surface area contributed by atoms with Crippen LogP contribution < -0.4 is 26.2 Å². The summed E-state index contributed by atoms with van der Waals surface area (Å²) in [7, 11) is 0. The molecule has 3 heterocycles. The second-order valence-electron chi connectivity index (χ2n) is 17.7. The predicted molar refractivity (Wildman–Crippen MR) is 282 cm³/mol. The highest BCUT2D eigenvalue weighted by atomic mass is 15.2. The Morgan fingerprint density at radius 1 is 0.313 bits per heavy atom. The quantitative estimate of drug-likeness (QED) is 0.128. The molecular formula is C62H39BN4. The van der Waals surface area contributed by atoms with Crippen molar-refractivity contribution in [1.82, 2.24) is 9.97 Å². The van der Waals surface area contributed by atoms with E-state index in [9.17, 15) is 0 Å². The molecule has 12 aromatic rings. The average Bonchev–Trinajstić information content (AvgIpc) is 3.40. The first kappa shape index (κ1) is 37.6. The van der Waals surface area contributed by atoms with Gasteiger partial charge in [-0.25, -0.2) is 9.97 Å². The normalized spacial score (nSPS) is 12.7. The number of fused-ring (bicyclic) bond motifs is 10. The maximum atomic E-state index is 5.46. The van der Waals surface area contributed by atoms with Crippen LogP contribution >= 0.6 is 0 Å². The van der Waals surface area contributed by atoms with Crippen LogP contribution in [0.2, 0.25) is 0 Å². The molecule has 1 aromatic heterocycles. The van der Waals surface area contributed by atoms with Gasteiger partial charge in [0.2, 0.25) is 0 Å². The Labute approximate surface area is 388 Å². The fourth-order valence-corrected chi connectivity index (χ4v) is 10.9. The summed E-state index contributed by atoms with van der Waals surface area (Å²) in [5, 5.41) is 9.76. The minimum absolute atomic E-state index is 0.0825. The van der Waals surface area contributed by atoms with Crippen LogP contribution in [0.5, 0.6) is 0 Å². The van der Waals surface area contributed by atoms with Crippen LogP contribution in [0, 0.1) is 0 Å². The molecule has 5 heteroatoms. The second-order valence-corrected chi connectivity index (χ2v) is 17.7. The summed E-state index contributed by atoms with van der Waals surface area (Å²) in [4.78, 5) is 15.8. The van der Waals surface area contributed by atoms with Crippen LogP contribution in [0.4, 0.5) is 34.1 Å². The molecule has 0 atom stereocenters. The fraction of sp³-hybridized carbons (Fsp3) is 0. The van der Waals surface area contributed by atoms with Crippen molar-refractivity contribution in [3.8, 4) is 33.9 Å².